The van der Waals surface area contributed by atoms with Crippen LogP contribution in [0.15, 0.2) is 59.7 Å². The van der Waals surface area contributed by atoms with E-state index in [1.807, 2.05) is 4.90 Å². The first-order valence-electron chi connectivity index (χ1n) is 14.0. The van der Waals surface area contributed by atoms with Crippen LogP contribution in [0.4, 0.5) is 11.4 Å². The van der Waals surface area contributed by atoms with Gasteiger partial charge in [0.1, 0.15) is 11.4 Å². The smallest absolute Gasteiger partial charge is 0.316 e. The maximum atomic E-state index is 13.7. The summed E-state index contributed by atoms with van der Waals surface area (Å²) in [6.45, 7) is 3.72. The van der Waals surface area contributed by atoms with Gasteiger partial charge in [0.2, 0.25) is 15.8 Å². The average molecular weight is 625 g/mol. The van der Waals surface area contributed by atoms with Crippen molar-refractivity contribution in [2.75, 3.05) is 50.5 Å². The van der Waals surface area contributed by atoms with Crippen molar-refractivity contribution in [1.29, 1.82) is 0 Å². The van der Waals surface area contributed by atoms with Crippen molar-refractivity contribution in [2.45, 2.75) is 25.5 Å². The van der Waals surface area contributed by atoms with Gasteiger partial charge in [-0.2, -0.15) is 14.1 Å². The molecule has 43 heavy (non-hydrogen) atoms. The first kappa shape index (κ1) is 29.2. The highest BCUT2D eigenvalue weighted by molar-refractivity contribution is 7.88. The van der Waals surface area contributed by atoms with Gasteiger partial charge < -0.3 is 20.1 Å². The van der Waals surface area contributed by atoms with E-state index in [9.17, 15) is 13.2 Å². The molecule has 6 rings (SSSR count). The second-order valence-electron chi connectivity index (χ2n) is 11.3. The molecular formula is C30H33ClN6O5S. The van der Waals surface area contributed by atoms with Crippen LogP contribution in [-0.4, -0.2) is 67.4 Å². The molecule has 13 heteroatoms. The third-order valence-electron chi connectivity index (χ3n) is 8.14. The number of nitrogen functional groups attached to an aromatic ring is 1. The maximum Gasteiger partial charge on any atom is 0.316 e. The number of piperazine rings is 1. The summed E-state index contributed by atoms with van der Waals surface area (Å²) in [5.41, 5.74) is 8.41. The summed E-state index contributed by atoms with van der Waals surface area (Å²) in [4.78, 5) is 20.0. The fraction of sp³-hybridized carbons (Fsp3) is 0.367. The second-order valence-corrected chi connectivity index (χ2v) is 13.8. The molecule has 1 aliphatic carbocycles. The van der Waals surface area contributed by atoms with Gasteiger partial charge in [0.25, 0.3) is 0 Å². The summed E-state index contributed by atoms with van der Waals surface area (Å²) in [5, 5.41) is 5.56. The quantitative estimate of drug-likeness (QED) is 0.276. The minimum absolute atomic E-state index is 0.0461. The Kier molecular flexibility index (Phi) is 7.69. The molecule has 2 aromatic heterocycles. The van der Waals surface area contributed by atoms with Crippen molar-refractivity contribution < 1.29 is 17.9 Å². The SMILES string of the molecule is COc1cc(CS(=O)(=O)N2CCN(c3cnn(-c4cccc(Cl)c4)c(=O)c3OCC3(C)CC3)CC2)c2ncccc2c1N. The zero-order valence-electron chi connectivity index (χ0n) is 24.0. The highest BCUT2D eigenvalue weighted by atomic mass is 35.5. The summed E-state index contributed by atoms with van der Waals surface area (Å²) >= 11 is 6.17. The number of benzene rings is 2. The minimum atomic E-state index is -3.71. The average Bonchev–Trinajstić information content (AvgIpc) is 3.74. The van der Waals surface area contributed by atoms with Gasteiger partial charge in [-0.1, -0.05) is 24.6 Å². The molecule has 0 unspecified atom stereocenters. The number of rotatable bonds is 9. The van der Waals surface area contributed by atoms with E-state index in [2.05, 4.69) is 17.0 Å². The highest BCUT2D eigenvalue weighted by Gasteiger charge is 2.39. The predicted octanol–water partition coefficient (Wildman–Crippen LogP) is 3.86. The van der Waals surface area contributed by atoms with Crippen molar-refractivity contribution in [1.82, 2.24) is 19.1 Å². The molecular weight excluding hydrogens is 592 g/mol. The van der Waals surface area contributed by atoms with Crippen LogP contribution < -0.4 is 25.7 Å². The molecule has 2 aliphatic rings. The van der Waals surface area contributed by atoms with Crippen molar-refractivity contribution in [3.8, 4) is 17.2 Å². The summed E-state index contributed by atoms with van der Waals surface area (Å²) < 4.78 is 41.5. The molecule has 2 fully saturated rings. The Bertz CT molecular complexity index is 1850. The molecule has 4 aromatic rings. The minimum Gasteiger partial charge on any atom is -0.495 e. The van der Waals surface area contributed by atoms with E-state index in [1.165, 1.54) is 16.1 Å². The summed E-state index contributed by atoms with van der Waals surface area (Å²) in [6, 6.07) is 12.1. The molecule has 1 saturated heterocycles. The normalized spacial score (nSPS) is 16.8. The van der Waals surface area contributed by atoms with Gasteiger partial charge in [-0.15, -0.1) is 0 Å². The van der Waals surface area contributed by atoms with Crippen LogP contribution in [0.2, 0.25) is 5.02 Å². The Hall–Kier alpha value is -3.87. The van der Waals surface area contributed by atoms with E-state index in [0.29, 0.717) is 64.0 Å². The van der Waals surface area contributed by atoms with Crippen LogP contribution in [0.1, 0.15) is 25.3 Å². The monoisotopic (exact) mass is 624 g/mol. The topological polar surface area (TPSA) is 133 Å². The number of fused-ring (bicyclic) bond motifs is 1. The van der Waals surface area contributed by atoms with Gasteiger partial charge in [0.15, 0.2) is 0 Å². The zero-order valence-corrected chi connectivity index (χ0v) is 25.6. The number of hydrogen-bond acceptors (Lipinski definition) is 9. The number of nitrogens with zero attached hydrogens (tertiary/aromatic N) is 5. The lowest BCUT2D eigenvalue weighted by Crippen LogP contribution is -2.49. The number of hydrogen-bond donors (Lipinski definition) is 1. The molecule has 1 aliphatic heterocycles. The van der Waals surface area contributed by atoms with Crippen LogP contribution in [0, 0.1) is 5.41 Å². The highest BCUT2D eigenvalue weighted by Crippen LogP contribution is 2.45. The fourth-order valence-corrected chi connectivity index (χ4v) is 6.98. The molecule has 0 spiro atoms. The van der Waals surface area contributed by atoms with E-state index < -0.39 is 15.6 Å². The molecule has 0 bridgehead atoms. The summed E-state index contributed by atoms with van der Waals surface area (Å²) in [7, 11) is -2.22. The van der Waals surface area contributed by atoms with E-state index >= 15 is 0 Å². The Morgan fingerprint density at radius 2 is 1.86 bits per heavy atom. The Morgan fingerprint density at radius 3 is 2.56 bits per heavy atom. The third kappa shape index (κ3) is 5.86. The number of pyridine rings is 1. The van der Waals surface area contributed by atoms with Gasteiger partial charge in [-0.3, -0.25) is 9.78 Å². The molecule has 2 aromatic carbocycles. The number of methoxy groups -OCH3 is 1. The van der Waals surface area contributed by atoms with E-state index in [0.717, 1.165) is 12.8 Å². The number of halogens is 1. The number of anilines is 2. The number of sulfonamides is 1. The van der Waals surface area contributed by atoms with Crippen LogP contribution in [0.3, 0.4) is 0 Å². The van der Waals surface area contributed by atoms with Crippen molar-refractivity contribution in [3.63, 3.8) is 0 Å². The van der Waals surface area contributed by atoms with Gasteiger partial charge in [0.05, 0.1) is 42.6 Å². The van der Waals surface area contributed by atoms with Gasteiger partial charge >= 0.3 is 5.56 Å². The Labute approximate surface area is 254 Å². The molecule has 2 N–H and O–H groups in total. The van der Waals surface area contributed by atoms with Crippen LogP contribution in [-0.2, 0) is 15.8 Å². The van der Waals surface area contributed by atoms with Crippen LogP contribution in [0.25, 0.3) is 16.6 Å². The number of ether oxygens (including phenoxy) is 2. The molecule has 3 heterocycles. The first-order valence-corrected chi connectivity index (χ1v) is 16.0. The molecule has 226 valence electrons. The second kappa shape index (κ2) is 11.3. The van der Waals surface area contributed by atoms with Gasteiger partial charge in [-0.05, 0) is 54.8 Å². The molecule has 0 amide bonds. The standard InChI is InChI=1S/C30H33ClN6O5S/c1-30(8-9-30)19-42-28-24(17-34-37(29(28)38)22-6-3-5-21(31)16-22)35-11-13-36(14-12-35)43(39,40)18-20-15-25(41-2)26(32)23-7-4-10-33-27(20)23/h3-7,10,15-17H,8-9,11-14,18-19,32H2,1-2H3. The van der Waals surface area contributed by atoms with Crippen molar-refractivity contribution >= 4 is 43.9 Å². The maximum absolute atomic E-state index is 13.7. The third-order valence-corrected chi connectivity index (χ3v) is 10.2. The Balaban J connectivity index is 1.24. The predicted molar refractivity (Wildman–Crippen MR) is 167 cm³/mol. The van der Waals surface area contributed by atoms with Gasteiger partial charge in [-0.25, -0.2) is 8.42 Å². The van der Waals surface area contributed by atoms with Crippen LogP contribution >= 0.6 is 11.6 Å². The lowest BCUT2D eigenvalue weighted by Gasteiger charge is -2.35. The fourth-order valence-electron chi connectivity index (χ4n) is 5.28. The van der Waals surface area contributed by atoms with Crippen molar-refractivity contribution in [3.05, 3.63) is 75.8 Å². The molecule has 11 nitrogen and oxygen atoms in total. The van der Waals surface area contributed by atoms with Crippen LogP contribution in [0.5, 0.6) is 11.5 Å². The summed E-state index contributed by atoms with van der Waals surface area (Å²) in [6.07, 6.45) is 5.30. The lowest BCUT2D eigenvalue weighted by atomic mass is 10.1. The first-order chi connectivity index (χ1) is 20.6. The Morgan fingerprint density at radius 1 is 1.09 bits per heavy atom. The largest absolute Gasteiger partial charge is 0.495 e. The number of nitrogens with two attached hydrogens (primary N) is 1. The van der Waals surface area contributed by atoms with Gasteiger partial charge in [0, 0.05) is 48.2 Å². The number of aromatic nitrogens is 3. The zero-order chi connectivity index (χ0) is 30.4. The van der Waals surface area contributed by atoms with E-state index in [4.69, 9.17) is 26.8 Å². The lowest BCUT2D eigenvalue weighted by molar-refractivity contribution is 0.242. The molecule has 1 saturated carbocycles. The van der Waals surface area contributed by atoms with E-state index in [-0.39, 0.29) is 30.0 Å². The van der Waals surface area contributed by atoms with Crippen molar-refractivity contribution in [2.24, 2.45) is 5.41 Å². The summed E-state index contributed by atoms with van der Waals surface area (Å²) in [5.74, 6) is 0.357. The molecule has 0 atom stereocenters. The molecule has 0 radical (unpaired) electrons. The van der Waals surface area contributed by atoms with E-state index in [1.54, 1.807) is 54.9 Å².